The average molecular weight is 417 g/mol. The number of halogens is 1. The summed E-state index contributed by atoms with van der Waals surface area (Å²) in [5.74, 6) is -0.654. The number of nitrogens with zero attached hydrogens (tertiary/aromatic N) is 3. The lowest BCUT2D eigenvalue weighted by Gasteiger charge is -2.19. The summed E-state index contributed by atoms with van der Waals surface area (Å²) in [6.07, 6.45) is 1.36. The van der Waals surface area contributed by atoms with Gasteiger partial charge in [0.1, 0.15) is 5.76 Å². The summed E-state index contributed by atoms with van der Waals surface area (Å²) in [7, 11) is -3.53. The van der Waals surface area contributed by atoms with E-state index in [0.29, 0.717) is 10.4 Å². The quantitative estimate of drug-likeness (QED) is 0.737. The Labute approximate surface area is 143 Å². The van der Waals surface area contributed by atoms with Crippen LogP contribution >= 0.6 is 27.7 Å². The first-order valence-corrected chi connectivity index (χ1v) is 9.56. The Hall–Kier alpha value is -1.72. The first-order chi connectivity index (χ1) is 10.8. The number of thioether (sulfide) groups is 1. The summed E-state index contributed by atoms with van der Waals surface area (Å²) in [5.41, 5.74) is -0.0323. The van der Waals surface area contributed by atoms with Gasteiger partial charge in [-0.25, -0.2) is 8.42 Å². The summed E-state index contributed by atoms with van der Waals surface area (Å²) >= 11 is 3.91. The van der Waals surface area contributed by atoms with Gasteiger partial charge >= 0.3 is 0 Å². The molecule has 0 saturated carbocycles. The Morgan fingerprint density at radius 2 is 2.22 bits per heavy atom. The molecule has 3 rings (SSSR count). The van der Waals surface area contributed by atoms with Crippen molar-refractivity contribution in [2.75, 3.05) is 5.75 Å². The van der Waals surface area contributed by atoms with Crippen LogP contribution < -0.4 is 0 Å². The molecule has 0 bridgehead atoms. The van der Waals surface area contributed by atoms with Crippen molar-refractivity contribution in [3.05, 3.63) is 28.1 Å². The summed E-state index contributed by atoms with van der Waals surface area (Å²) in [6, 6.07) is 3.26. The van der Waals surface area contributed by atoms with Crippen LogP contribution in [0.4, 0.5) is 0 Å². The molecule has 1 aromatic rings. The zero-order valence-corrected chi connectivity index (χ0v) is 14.8. The number of carbonyl (C=O) groups excluding carboxylic acids is 1. The van der Waals surface area contributed by atoms with Crippen LogP contribution in [-0.2, 0) is 14.6 Å². The van der Waals surface area contributed by atoms with Crippen molar-refractivity contribution in [2.24, 2.45) is 10.1 Å². The molecule has 0 spiro atoms. The fourth-order valence-corrected chi connectivity index (χ4v) is 4.25. The molecule has 1 amide bonds. The third kappa shape index (κ3) is 2.91. The number of sulfone groups is 1. The molecular formula is C12H9BrN4O4S2. The number of aliphatic imine (C=N–C) groups is 1. The second-order valence-corrected chi connectivity index (χ2v) is 8.62. The Morgan fingerprint density at radius 1 is 1.48 bits per heavy atom. The van der Waals surface area contributed by atoms with Gasteiger partial charge in [-0.05, 0) is 45.9 Å². The Bertz CT molecular complexity index is 913. The number of hydrogen-bond acceptors (Lipinski definition) is 7. The zero-order valence-electron chi connectivity index (χ0n) is 11.6. The van der Waals surface area contributed by atoms with Gasteiger partial charge in [0.25, 0.3) is 5.91 Å². The summed E-state index contributed by atoms with van der Waals surface area (Å²) < 4.78 is 29.4. The van der Waals surface area contributed by atoms with Gasteiger partial charge in [-0.15, -0.1) is 5.10 Å². The summed E-state index contributed by atoms with van der Waals surface area (Å²) in [5, 5.41) is 13.1. The van der Waals surface area contributed by atoms with Gasteiger partial charge < -0.3 is 4.42 Å². The fourth-order valence-electron chi connectivity index (χ4n) is 1.77. The Kier molecular flexibility index (Phi) is 4.02. The third-order valence-electron chi connectivity index (χ3n) is 2.96. The average Bonchev–Trinajstić information content (AvgIpc) is 3.10. The van der Waals surface area contributed by atoms with Crippen molar-refractivity contribution in [1.29, 1.82) is 5.41 Å². The molecule has 0 radical (unpaired) electrons. The van der Waals surface area contributed by atoms with Crippen LogP contribution in [0.5, 0.6) is 0 Å². The molecule has 3 heterocycles. The Morgan fingerprint density at radius 3 is 2.83 bits per heavy atom. The monoisotopic (exact) mass is 416 g/mol. The topological polar surface area (TPSA) is 116 Å². The molecule has 23 heavy (non-hydrogen) atoms. The number of hydrazone groups is 1. The molecule has 0 unspecified atom stereocenters. The van der Waals surface area contributed by atoms with E-state index < -0.39 is 15.7 Å². The van der Waals surface area contributed by atoms with Gasteiger partial charge in [-0.3, -0.25) is 10.2 Å². The maximum absolute atomic E-state index is 12.1. The van der Waals surface area contributed by atoms with E-state index in [0.717, 1.165) is 16.8 Å². The fraction of sp³-hybridized carbons (Fsp3) is 0.167. The number of furan rings is 1. The molecule has 0 aromatic carbocycles. The van der Waals surface area contributed by atoms with Gasteiger partial charge in [0.2, 0.25) is 19.4 Å². The standard InChI is InChI=1S/C12H9BrN4O4S2/c1-2-23(19,20)12-16-17-9(14)7(10(18)15-11(17)22-12)5-6-3-4-8(13)21-6/h3-5,14H,2H2,1H3/b7-5+,14-9?. The first kappa shape index (κ1) is 16.1. The van der Waals surface area contributed by atoms with Crippen molar-refractivity contribution in [3.63, 3.8) is 0 Å². The molecule has 0 fully saturated rings. The minimum Gasteiger partial charge on any atom is -0.450 e. The van der Waals surface area contributed by atoms with Crippen molar-refractivity contribution in [1.82, 2.24) is 5.01 Å². The first-order valence-electron chi connectivity index (χ1n) is 6.30. The normalized spacial score (nSPS) is 19.9. The van der Waals surface area contributed by atoms with Gasteiger partial charge in [-0.2, -0.15) is 10.0 Å². The highest BCUT2D eigenvalue weighted by molar-refractivity contribution is 9.10. The van der Waals surface area contributed by atoms with E-state index in [-0.39, 0.29) is 26.7 Å². The van der Waals surface area contributed by atoms with Crippen LogP contribution in [0.1, 0.15) is 12.7 Å². The van der Waals surface area contributed by atoms with Crippen LogP contribution in [0.3, 0.4) is 0 Å². The molecule has 1 N–H and O–H groups in total. The highest BCUT2D eigenvalue weighted by Crippen LogP contribution is 2.30. The SMILES string of the molecule is CCS(=O)(=O)C1=NN2C(=N)/C(=C\c3ccc(Br)o3)C(=O)N=C2S1. The molecule has 120 valence electrons. The molecule has 2 aliphatic rings. The maximum atomic E-state index is 12.1. The molecule has 0 aliphatic carbocycles. The van der Waals surface area contributed by atoms with Crippen LogP contribution in [0.25, 0.3) is 6.08 Å². The third-order valence-corrected chi connectivity index (χ3v) is 6.48. The smallest absolute Gasteiger partial charge is 0.283 e. The highest BCUT2D eigenvalue weighted by atomic mass is 79.9. The zero-order chi connectivity index (χ0) is 16.8. The number of hydrogen-bond donors (Lipinski definition) is 1. The summed E-state index contributed by atoms with van der Waals surface area (Å²) in [6.45, 7) is 1.49. The molecule has 2 aliphatic heterocycles. The number of nitrogens with one attached hydrogen (secondary N) is 1. The van der Waals surface area contributed by atoms with E-state index >= 15 is 0 Å². The van der Waals surface area contributed by atoms with Crippen molar-refractivity contribution < 1.29 is 17.6 Å². The lowest BCUT2D eigenvalue weighted by atomic mass is 10.1. The Balaban J connectivity index is 2.00. The van der Waals surface area contributed by atoms with Gasteiger partial charge in [-0.1, -0.05) is 6.92 Å². The molecule has 0 saturated heterocycles. The van der Waals surface area contributed by atoms with Crippen molar-refractivity contribution in [2.45, 2.75) is 6.92 Å². The van der Waals surface area contributed by atoms with Crippen molar-refractivity contribution in [3.8, 4) is 0 Å². The lowest BCUT2D eigenvalue weighted by Crippen LogP contribution is -2.35. The van der Waals surface area contributed by atoms with Crippen LogP contribution in [0, 0.1) is 5.41 Å². The van der Waals surface area contributed by atoms with Gasteiger partial charge in [0, 0.05) is 0 Å². The van der Waals surface area contributed by atoms with E-state index in [1.54, 1.807) is 12.1 Å². The lowest BCUT2D eigenvalue weighted by molar-refractivity contribution is -0.114. The summed E-state index contributed by atoms with van der Waals surface area (Å²) in [4.78, 5) is 15.9. The molecule has 8 nitrogen and oxygen atoms in total. The highest BCUT2D eigenvalue weighted by Gasteiger charge is 2.39. The van der Waals surface area contributed by atoms with Crippen LogP contribution in [0.15, 0.2) is 36.9 Å². The minimum atomic E-state index is -3.53. The number of fused-ring (bicyclic) bond motifs is 1. The molecule has 0 atom stereocenters. The van der Waals surface area contributed by atoms with E-state index in [1.807, 2.05) is 0 Å². The maximum Gasteiger partial charge on any atom is 0.283 e. The van der Waals surface area contributed by atoms with Crippen LogP contribution in [0.2, 0.25) is 0 Å². The number of carbonyl (C=O) groups is 1. The van der Waals surface area contributed by atoms with E-state index in [2.05, 4.69) is 26.0 Å². The predicted molar refractivity (Wildman–Crippen MR) is 90.9 cm³/mol. The largest absolute Gasteiger partial charge is 0.450 e. The van der Waals surface area contributed by atoms with Crippen LogP contribution in [-0.4, -0.2) is 40.5 Å². The van der Waals surface area contributed by atoms with Gasteiger partial charge in [0.05, 0.1) is 11.3 Å². The second-order valence-electron chi connectivity index (χ2n) is 4.43. The number of amidine groups is 2. The minimum absolute atomic E-state index is 0.0323. The van der Waals surface area contributed by atoms with Gasteiger partial charge in [0.15, 0.2) is 10.5 Å². The molecule has 1 aromatic heterocycles. The van der Waals surface area contributed by atoms with E-state index in [4.69, 9.17) is 9.83 Å². The second kappa shape index (κ2) is 5.73. The van der Waals surface area contributed by atoms with E-state index in [9.17, 15) is 13.2 Å². The number of amides is 1. The van der Waals surface area contributed by atoms with Crippen molar-refractivity contribution >= 4 is 64.9 Å². The predicted octanol–water partition coefficient (Wildman–Crippen LogP) is 2.05. The van der Waals surface area contributed by atoms with E-state index in [1.165, 1.54) is 13.0 Å². The number of rotatable bonds is 2. The molecular weight excluding hydrogens is 408 g/mol. The molecule has 11 heteroatoms.